The summed E-state index contributed by atoms with van der Waals surface area (Å²) in [7, 11) is 0. The molecule has 0 aliphatic heterocycles. The van der Waals surface area contributed by atoms with Crippen LogP contribution in [0.25, 0.3) is 10.9 Å². The highest BCUT2D eigenvalue weighted by Crippen LogP contribution is 2.22. The zero-order valence-electron chi connectivity index (χ0n) is 11.1. The van der Waals surface area contributed by atoms with Crippen molar-refractivity contribution in [3.8, 4) is 0 Å². The lowest BCUT2D eigenvalue weighted by molar-refractivity contribution is 0.658. The van der Waals surface area contributed by atoms with Crippen molar-refractivity contribution in [3.05, 3.63) is 42.4 Å². The smallest absolute Gasteiger partial charge is 0.0670 e. The van der Waals surface area contributed by atoms with E-state index in [2.05, 4.69) is 58.9 Å². The topological polar surface area (TPSA) is 58.5 Å². The van der Waals surface area contributed by atoms with Gasteiger partial charge < -0.3 is 5.32 Å². The summed E-state index contributed by atoms with van der Waals surface area (Å²) in [6.45, 7) is 5.11. The minimum Gasteiger partial charge on any atom is -0.378 e. The van der Waals surface area contributed by atoms with E-state index >= 15 is 0 Å². The number of nitrogens with one attached hydrogen (secondary N) is 2. The van der Waals surface area contributed by atoms with Crippen LogP contribution < -0.4 is 5.32 Å². The van der Waals surface area contributed by atoms with Gasteiger partial charge in [-0.2, -0.15) is 10.2 Å². The number of hydrogen-bond acceptors (Lipinski definition) is 3. The zero-order chi connectivity index (χ0) is 13.2. The van der Waals surface area contributed by atoms with Crippen LogP contribution in [0, 0.1) is 0 Å². The second kappa shape index (κ2) is 4.76. The van der Waals surface area contributed by atoms with Gasteiger partial charge in [0.15, 0.2) is 0 Å². The highest BCUT2D eigenvalue weighted by Gasteiger charge is 2.08. The predicted molar refractivity (Wildman–Crippen MR) is 76.0 cm³/mol. The molecule has 5 heteroatoms. The lowest BCUT2D eigenvalue weighted by Gasteiger charge is -2.13. The largest absolute Gasteiger partial charge is 0.378 e. The van der Waals surface area contributed by atoms with Gasteiger partial charge in [0.1, 0.15) is 0 Å². The first kappa shape index (κ1) is 11.8. The molecule has 5 nitrogen and oxygen atoms in total. The molecular weight excluding hydrogens is 238 g/mol. The van der Waals surface area contributed by atoms with Gasteiger partial charge >= 0.3 is 0 Å². The van der Waals surface area contributed by atoms with Crippen LogP contribution in [0.2, 0.25) is 0 Å². The third kappa shape index (κ3) is 2.31. The van der Waals surface area contributed by atoms with Gasteiger partial charge in [0, 0.05) is 29.4 Å². The van der Waals surface area contributed by atoms with Crippen LogP contribution in [-0.4, -0.2) is 20.0 Å². The van der Waals surface area contributed by atoms with Gasteiger partial charge in [-0.3, -0.25) is 9.78 Å². The molecule has 2 heterocycles. The summed E-state index contributed by atoms with van der Waals surface area (Å²) in [5, 5.41) is 15.9. The molecule has 0 aliphatic rings. The van der Waals surface area contributed by atoms with Crippen LogP contribution in [-0.2, 0) is 6.54 Å². The molecule has 98 valence electrons. The third-order valence-electron chi connectivity index (χ3n) is 3.30. The molecule has 0 aliphatic carbocycles. The highest BCUT2D eigenvalue weighted by molar-refractivity contribution is 5.81. The van der Waals surface area contributed by atoms with Gasteiger partial charge in [0.25, 0.3) is 0 Å². The van der Waals surface area contributed by atoms with Crippen LogP contribution in [0.15, 0.2) is 36.8 Å². The Morgan fingerprint density at radius 3 is 3.05 bits per heavy atom. The SMILES string of the molecule is CCn1cc(C(C)Nc2ccc3cn[nH]c3c2)cn1. The molecule has 0 spiro atoms. The minimum atomic E-state index is 0.223. The molecule has 0 fully saturated rings. The van der Waals surface area contributed by atoms with Crippen molar-refractivity contribution in [3.63, 3.8) is 0 Å². The number of aryl methyl sites for hydroxylation is 1. The number of nitrogens with zero attached hydrogens (tertiary/aromatic N) is 3. The maximum Gasteiger partial charge on any atom is 0.0670 e. The standard InChI is InChI=1S/C14H17N5/c1-3-19-9-12(8-16-19)10(2)17-13-5-4-11-7-15-18-14(11)6-13/h4-10,17H,3H2,1-2H3,(H,15,18). The Balaban J connectivity index is 1.79. The van der Waals surface area contributed by atoms with Crippen molar-refractivity contribution in [1.29, 1.82) is 0 Å². The molecule has 2 N–H and O–H groups in total. The van der Waals surface area contributed by atoms with Crippen molar-refractivity contribution < 1.29 is 0 Å². The first-order valence-corrected chi connectivity index (χ1v) is 6.48. The van der Waals surface area contributed by atoms with E-state index in [0.717, 1.165) is 23.1 Å². The number of anilines is 1. The lowest BCUT2D eigenvalue weighted by atomic mass is 10.1. The van der Waals surface area contributed by atoms with Crippen LogP contribution in [0.4, 0.5) is 5.69 Å². The second-order valence-electron chi connectivity index (χ2n) is 4.67. The average molecular weight is 255 g/mol. The van der Waals surface area contributed by atoms with Gasteiger partial charge in [-0.1, -0.05) is 0 Å². The molecule has 1 atom stereocenters. The summed E-state index contributed by atoms with van der Waals surface area (Å²) < 4.78 is 1.94. The van der Waals surface area contributed by atoms with Crippen LogP contribution in [0.3, 0.4) is 0 Å². The summed E-state index contributed by atoms with van der Waals surface area (Å²) in [5.74, 6) is 0. The van der Waals surface area contributed by atoms with Crippen molar-refractivity contribution in [1.82, 2.24) is 20.0 Å². The van der Waals surface area contributed by atoms with Crippen molar-refractivity contribution in [2.45, 2.75) is 26.4 Å². The molecule has 0 radical (unpaired) electrons. The van der Waals surface area contributed by atoms with E-state index in [1.165, 1.54) is 5.56 Å². The zero-order valence-corrected chi connectivity index (χ0v) is 11.1. The normalized spacial score (nSPS) is 12.7. The van der Waals surface area contributed by atoms with Crippen molar-refractivity contribution in [2.24, 2.45) is 0 Å². The fourth-order valence-electron chi connectivity index (χ4n) is 2.14. The molecule has 0 bridgehead atoms. The molecule has 3 aromatic rings. The third-order valence-corrected chi connectivity index (χ3v) is 3.30. The fraction of sp³-hybridized carbons (Fsp3) is 0.286. The first-order valence-electron chi connectivity index (χ1n) is 6.48. The van der Waals surface area contributed by atoms with E-state index in [0.29, 0.717) is 0 Å². The van der Waals surface area contributed by atoms with Crippen molar-refractivity contribution in [2.75, 3.05) is 5.32 Å². The number of rotatable bonds is 4. The minimum absolute atomic E-state index is 0.223. The Hall–Kier alpha value is -2.30. The van der Waals surface area contributed by atoms with Gasteiger partial charge in [-0.25, -0.2) is 0 Å². The van der Waals surface area contributed by atoms with Gasteiger partial charge in [-0.15, -0.1) is 0 Å². The van der Waals surface area contributed by atoms with E-state index in [1.807, 2.05) is 17.1 Å². The quantitative estimate of drug-likeness (QED) is 0.753. The Morgan fingerprint density at radius 1 is 1.37 bits per heavy atom. The fourth-order valence-corrected chi connectivity index (χ4v) is 2.14. The van der Waals surface area contributed by atoms with Crippen LogP contribution >= 0.6 is 0 Å². The summed E-state index contributed by atoms with van der Waals surface area (Å²) >= 11 is 0. The summed E-state index contributed by atoms with van der Waals surface area (Å²) in [6, 6.07) is 6.42. The van der Waals surface area contributed by atoms with Gasteiger partial charge in [0.05, 0.1) is 24.0 Å². The van der Waals surface area contributed by atoms with E-state index < -0.39 is 0 Å². The number of fused-ring (bicyclic) bond motifs is 1. The molecule has 0 amide bonds. The number of H-pyrrole nitrogens is 1. The lowest BCUT2D eigenvalue weighted by Crippen LogP contribution is -2.05. The number of aromatic amines is 1. The Labute approximate surface area is 111 Å². The van der Waals surface area contributed by atoms with Gasteiger partial charge in [-0.05, 0) is 32.0 Å². The van der Waals surface area contributed by atoms with E-state index in [4.69, 9.17) is 0 Å². The van der Waals surface area contributed by atoms with E-state index in [9.17, 15) is 0 Å². The van der Waals surface area contributed by atoms with Crippen LogP contribution in [0.5, 0.6) is 0 Å². The van der Waals surface area contributed by atoms with E-state index in [1.54, 1.807) is 0 Å². The summed E-state index contributed by atoms with van der Waals surface area (Å²) in [6.07, 6.45) is 5.82. The summed E-state index contributed by atoms with van der Waals surface area (Å²) in [5.41, 5.74) is 3.31. The highest BCUT2D eigenvalue weighted by atomic mass is 15.3. The second-order valence-corrected chi connectivity index (χ2v) is 4.67. The van der Waals surface area contributed by atoms with Crippen LogP contribution in [0.1, 0.15) is 25.5 Å². The predicted octanol–water partition coefficient (Wildman–Crippen LogP) is 2.95. The molecule has 2 aromatic heterocycles. The number of benzene rings is 1. The van der Waals surface area contributed by atoms with Crippen molar-refractivity contribution >= 4 is 16.6 Å². The monoisotopic (exact) mass is 255 g/mol. The number of aromatic nitrogens is 4. The Kier molecular flexibility index (Phi) is 2.95. The molecule has 1 unspecified atom stereocenters. The number of hydrogen-bond donors (Lipinski definition) is 2. The molecule has 0 saturated heterocycles. The maximum absolute atomic E-state index is 4.30. The Morgan fingerprint density at radius 2 is 2.26 bits per heavy atom. The van der Waals surface area contributed by atoms with Gasteiger partial charge in [0.2, 0.25) is 0 Å². The molecule has 0 saturated carbocycles. The average Bonchev–Trinajstić information content (AvgIpc) is 3.06. The van der Waals surface area contributed by atoms with E-state index in [-0.39, 0.29) is 6.04 Å². The molecule has 1 aromatic carbocycles. The molecule has 3 rings (SSSR count). The summed E-state index contributed by atoms with van der Waals surface area (Å²) in [4.78, 5) is 0. The maximum atomic E-state index is 4.30. The Bertz CT molecular complexity index is 682. The molecule has 19 heavy (non-hydrogen) atoms. The first-order chi connectivity index (χ1) is 9.26. The molecular formula is C14H17N5.